The molecule has 21 heavy (non-hydrogen) atoms. The Morgan fingerprint density at radius 1 is 1.05 bits per heavy atom. The molecule has 0 N–H and O–H groups in total. The van der Waals surface area contributed by atoms with Gasteiger partial charge in [0.05, 0.1) is 10.5 Å². The molecule has 2 rings (SSSR count). The maximum absolute atomic E-state index is 12.7. The van der Waals surface area contributed by atoms with Gasteiger partial charge in [-0.05, 0) is 37.3 Å². The lowest BCUT2D eigenvalue weighted by atomic mass is 10.2. The number of hydrogen-bond donors (Lipinski definition) is 0. The minimum Gasteiger partial charge on any atom is -0.291 e. The predicted molar refractivity (Wildman–Crippen MR) is 89.5 cm³/mol. The van der Waals surface area contributed by atoms with E-state index in [4.69, 9.17) is 6.57 Å². The van der Waals surface area contributed by atoms with Gasteiger partial charge in [-0.1, -0.05) is 49.6 Å². The van der Waals surface area contributed by atoms with Gasteiger partial charge in [-0.25, -0.2) is 15.0 Å². The summed E-state index contributed by atoms with van der Waals surface area (Å²) in [5, 5.41) is -1.26. The molecule has 0 saturated heterocycles. The van der Waals surface area contributed by atoms with E-state index in [9.17, 15) is 8.42 Å². The van der Waals surface area contributed by atoms with Crippen molar-refractivity contribution in [1.82, 2.24) is 0 Å². The van der Waals surface area contributed by atoms with E-state index in [1.807, 2.05) is 6.92 Å². The van der Waals surface area contributed by atoms with Crippen molar-refractivity contribution in [2.45, 2.75) is 17.2 Å². The van der Waals surface area contributed by atoms with Crippen molar-refractivity contribution >= 4 is 41.7 Å². The topological polar surface area (TPSA) is 38.5 Å². The van der Waals surface area contributed by atoms with E-state index in [0.717, 1.165) is 14.5 Å². The van der Waals surface area contributed by atoms with Crippen LogP contribution in [-0.4, -0.2) is 8.42 Å². The zero-order valence-electron chi connectivity index (χ0n) is 11.0. The quantitative estimate of drug-likeness (QED) is 0.651. The smallest absolute Gasteiger partial charge is 0.291 e. The summed E-state index contributed by atoms with van der Waals surface area (Å²) < 4.78 is 26.8. The summed E-state index contributed by atoms with van der Waals surface area (Å²) >= 11 is 6.63. The fourth-order valence-corrected chi connectivity index (χ4v) is 4.63. The molecular weight excluding hydrogens is 418 g/mol. The average molecular weight is 429 g/mol. The van der Waals surface area contributed by atoms with E-state index in [0.29, 0.717) is 5.56 Å². The van der Waals surface area contributed by atoms with Crippen molar-refractivity contribution < 1.29 is 8.42 Å². The molecule has 0 saturated carbocycles. The maximum atomic E-state index is 12.7. The second kappa shape index (κ2) is 6.30. The lowest BCUT2D eigenvalue weighted by molar-refractivity contribution is 0.590. The first-order chi connectivity index (χ1) is 9.84. The van der Waals surface area contributed by atoms with Crippen molar-refractivity contribution in [1.29, 1.82) is 0 Å². The summed E-state index contributed by atoms with van der Waals surface area (Å²) in [4.78, 5) is 3.49. The van der Waals surface area contributed by atoms with Crippen molar-refractivity contribution in [3.8, 4) is 0 Å². The van der Waals surface area contributed by atoms with Crippen molar-refractivity contribution in [2.75, 3.05) is 0 Å². The highest BCUT2D eigenvalue weighted by atomic mass is 79.9. The van der Waals surface area contributed by atoms with Crippen molar-refractivity contribution in [3.63, 3.8) is 0 Å². The Bertz CT molecular complexity index is 788. The van der Waals surface area contributed by atoms with Crippen LogP contribution < -0.4 is 0 Å². The Hall–Kier alpha value is -1.16. The SMILES string of the molecule is [C-]#[N+][C@H](c1cc(Br)cc(Br)c1)S(=O)(=O)c1ccc(C)cc1. The summed E-state index contributed by atoms with van der Waals surface area (Å²) in [6, 6.07) is 11.6. The summed E-state index contributed by atoms with van der Waals surface area (Å²) in [7, 11) is -3.75. The predicted octanol–water partition coefficient (Wildman–Crippen LogP) is 4.91. The van der Waals surface area contributed by atoms with Gasteiger partial charge >= 0.3 is 5.37 Å². The number of rotatable bonds is 3. The first-order valence-corrected chi connectivity index (χ1v) is 9.11. The first kappa shape index (κ1) is 16.2. The molecule has 0 amide bonds. The number of sulfone groups is 1. The van der Waals surface area contributed by atoms with Crippen LogP contribution in [0.15, 0.2) is 56.3 Å². The third-order valence-corrected chi connectivity index (χ3v) is 5.74. The standard InChI is InChI=1S/C15H11Br2NO2S/c1-10-3-5-14(6-4-10)21(19,20)15(18-2)11-7-12(16)9-13(17)8-11/h3-9,15H,1H3/t15-/m0/s1. The van der Waals surface area contributed by atoms with E-state index in [1.165, 1.54) is 12.1 Å². The Balaban J connectivity index is 2.55. The molecule has 108 valence electrons. The molecule has 0 aliphatic heterocycles. The number of aryl methyl sites for hydroxylation is 1. The summed E-state index contributed by atoms with van der Waals surface area (Å²) in [5.74, 6) is 0. The van der Waals surface area contributed by atoms with Gasteiger partial charge in [0.1, 0.15) is 0 Å². The van der Waals surface area contributed by atoms with Crippen LogP contribution in [0.1, 0.15) is 16.5 Å². The Labute approximate surface area is 141 Å². The molecule has 0 fully saturated rings. The van der Waals surface area contributed by atoms with E-state index in [-0.39, 0.29) is 4.90 Å². The normalized spacial score (nSPS) is 12.7. The van der Waals surface area contributed by atoms with Gasteiger partial charge in [0.15, 0.2) is 0 Å². The molecule has 0 spiro atoms. The van der Waals surface area contributed by atoms with Gasteiger partial charge in [-0.15, -0.1) is 0 Å². The second-order valence-corrected chi connectivity index (χ2v) is 8.38. The molecule has 0 aromatic heterocycles. The van der Waals surface area contributed by atoms with Crippen molar-refractivity contribution in [3.05, 3.63) is 74.0 Å². The summed E-state index contributed by atoms with van der Waals surface area (Å²) in [5.41, 5.74) is 1.41. The maximum Gasteiger partial charge on any atom is 0.350 e. The Morgan fingerprint density at radius 2 is 1.57 bits per heavy atom. The monoisotopic (exact) mass is 427 g/mol. The molecule has 0 aliphatic rings. The van der Waals surface area contributed by atoms with E-state index in [2.05, 4.69) is 36.7 Å². The van der Waals surface area contributed by atoms with Gasteiger partial charge in [0, 0.05) is 8.95 Å². The number of nitrogens with zero attached hydrogens (tertiary/aromatic N) is 1. The lowest BCUT2D eigenvalue weighted by Crippen LogP contribution is -2.10. The lowest BCUT2D eigenvalue weighted by Gasteiger charge is -2.09. The molecule has 6 heteroatoms. The molecule has 0 heterocycles. The third-order valence-electron chi connectivity index (χ3n) is 2.93. The van der Waals surface area contributed by atoms with Crippen LogP contribution in [0.2, 0.25) is 0 Å². The minimum absolute atomic E-state index is 0.158. The second-order valence-electron chi connectivity index (χ2n) is 4.54. The van der Waals surface area contributed by atoms with Crippen LogP contribution in [0.3, 0.4) is 0 Å². The number of halogens is 2. The van der Waals surface area contributed by atoms with Gasteiger partial charge in [0.2, 0.25) is 0 Å². The molecule has 2 aromatic carbocycles. The first-order valence-electron chi connectivity index (χ1n) is 5.98. The molecule has 0 aliphatic carbocycles. The summed E-state index contributed by atoms with van der Waals surface area (Å²) in [6.07, 6.45) is 0. The third kappa shape index (κ3) is 3.54. The zero-order valence-corrected chi connectivity index (χ0v) is 15.0. The highest BCUT2D eigenvalue weighted by Gasteiger charge is 2.34. The largest absolute Gasteiger partial charge is 0.350 e. The number of hydrogen-bond acceptors (Lipinski definition) is 2. The molecular formula is C15H11Br2NO2S. The highest BCUT2D eigenvalue weighted by molar-refractivity contribution is 9.11. The number of benzene rings is 2. The minimum atomic E-state index is -3.75. The Morgan fingerprint density at radius 3 is 2.05 bits per heavy atom. The van der Waals surface area contributed by atoms with Gasteiger partial charge in [-0.2, -0.15) is 0 Å². The van der Waals surface area contributed by atoms with Crippen LogP contribution in [0.4, 0.5) is 0 Å². The van der Waals surface area contributed by atoms with Gasteiger partial charge in [-0.3, -0.25) is 4.85 Å². The van der Waals surface area contributed by atoms with Crippen LogP contribution in [0, 0.1) is 13.5 Å². The molecule has 0 unspecified atom stereocenters. The average Bonchev–Trinajstić information content (AvgIpc) is 2.38. The zero-order chi connectivity index (χ0) is 15.6. The van der Waals surface area contributed by atoms with E-state index >= 15 is 0 Å². The van der Waals surface area contributed by atoms with Crippen molar-refractivity contribution in [2.24, 2.45) is 0 Å². The van der Waals surface area contributed by atoms with Crippen LogP contribution in [0.25, 0.3) is 4.85 Å². The highest BCUT2D eigenvalue weighted by Crippen LogP contribution is 2.33. The van der Waals surface area contributed by atoms with Crippen LogP contribution >= 0.6 is 31.9 Å². The summed E-state index contributed by atoms with van der Waals surface area (Å²) in [6.45, 7) is 9.18. The molecule has 0 bridgehead atoms. The molecule has 0 radical (unpaired) electrons. The van der Waals surface area contributed by atoms with Gasteiger partial charge < -0.3 is 0 Å². The molecule has 3 nitrogen and oxygen atoms in total. The van der Waals surface area contributed by atoms with E-state index in [1.54, 1.807) is 30.3 Å². The Kier molecular flexibility index (Phi) is 4.87. The fourth-order valence-electron chi connectivity index (χ4n) is 1.90. The molecule has 2 aromatic rings. The van der Waals surface area contributed by atoms with Gasteiger partial charge in [0.25, 0.3) is 9.84 Å². The van der Waals surface area contributed by atoms with Crippen LogP contribution in [0.5, 0.6) is 0 Å². The molecule has 1 atom stereocenters. The van der Waals surface area contributed by atoms with Crippen LogP contribution in [-0.2, 0) is 9.84 Å². The fraction of sp³-hybridized carbons (Fsp3) is 0.133. The van der Waals surface area contributed by atoms with E-state index < -0.39 is 15.2 Å².